The van der Waals surface area contributed by atoms with Gasteiger partial charge >= 0.3 is 175 Å². The van der Waals surface area contributed by atoms with Gasteiger partial charge in [-0.2, -0.15) is 0 Å². The number of halogens is 1. The first-order chi connectivity index (χ1) is 16.1. The number of rotatable bonds is 9. The summed E-state index contributed by atoms with van der Waals surface area (Å²) in [6, 6.07) is 32.2. The van der Waals surface area contributed by atoms with Gasteiger partial charge in [-0.1, -0.05) is 0 Å². The van der Waals surface area contributed by atoms with Gasteiger partial charge < -0.3 is 4.74 Å². The van der Waals surface area contributed by atoms with E-state index in [-0.39, 0.29) is 6.42 Å². The predicted octanol–water partition coefficient (Wildman–Crippen LogP) is 6.27. The zero-order valence-corrected chi connectivity index (χ0v) is 21.6. The van der Waals surface area contributed by atoms with Crippen molar-refractivity contribution in [1.82, 2.24) is 0 Å². The SMILES string of the molecule is C1CCOC1.O=C(O)CCCCCP(Br)(c1ccccc1)(c1ccccc1)c1ccccc1. The Hall–Kier alpha value is -2.00. The summed E-state index contributed by atoms with van der Waals surface area (Å²) in [5.41, 5.74) is 0. The van der Waals surface area contributed by atoms with Crippen molar-refractivity contribution in [2.75, 3.05) is 19.4 Å². The number of unbranched alkanes of at least 4 members (excludes halogenated alkanes) is 2. The zero-order valence-electron chi connectivity index (χ0n) is 19.1. The Kier molecular flexibility index (Phi) is 9.67. The van der Waals surface area contributed by atoms with E-state index in [1.807, 2.05) is 0 Å². The third-order valence-corrected chi connectivity index (χ3v) is 16.2. The molecule has 1 fully saturated rings. The van der Waals surface area contributed by atoms with Crippen LogP contribution in [-0.4, -0.2) is 30.5 Å². The molecular formula is C28H34BrO3P. The molecule has 1 aliphatic heterocycles. The molecule has 0 aliphatic carbocycles. The molecule has 5 heteroatoms. The Morgan fingerprint density at radius 1 is 0.727 bits per heavy atom. The van der Waals surface area contributed by atoms with E-state index in [1.54, 1.807) is 0 Å². The molecule has 0 unspecified atom stereocenters. The third kappa shape index (κ3) is 6.32. The van der Waals surface area contributed by atoms with Gasteiger partial charge in [0, 0.05) is 13.2 Å². The molecule has 3 aromatic carbocycles. The molecule has 1 N–H and O–H groups in total. The molecular weight excluding hydrogens is 495 g/mol. The second-order valence-electron chi connectivity index (χ2n) is 8.44. The van der Waals surface area contributed by atoms with E-state index in [2.05, 4.69) is 106 Å². The van der Waals surface area contributed by atoms with Crippen molar-refractivity contribution in [3.05, 3.63) is 91.0 Å². The van der Waals surface area contributed by atoms with Gasteiger partial charge in [-0.25, -0.2) is 0 Å². The van der Waals surface area contributed by atoms with E-state index in [4.69, 9.17) is 9.84 Å². The van der Waals surface area contributed by atoms with E-state index in [0.717, 1.165) is 32.2 Å². The topological polar surface area (TPSA) is 46.5 Å². The Morgan fingerprint density at radius 2 is 1.15 bits per heavy atom. The van der Waals surface area contributed by atoms with Crippen LogP contribution < -0.4 is 15.9 Å². The molecule has 0 radical (unpaired) electrons. The molecule has 0 aromatic heterocycles. The maximum atomic E-state index is 10.9. The average molecular weight is 529 g/mol. The fourth-order valence-corrected chi connectivity index (χ4v) is 12.2. The zero-order chi connectivity index (χ0) is 23.4. The molecule has 0 saturated carbocycles. The number of benzene rings is 3. The van der Waals surface area contributed by atoms with Gasteiger partial charge in [-0.3, -0.25) is 0 Å². The molecule has 1 saturated heterocycles. The monoisotopic (exact) mass is 528 g/mol. The van der Waals surface area contributed by atoms with Crippen LogP contribution in [0.15, 0.2) is 91.0 Å². The first kappa shape index (κ1) is 25.6. The van der Waals surface area contributed by atoms with Crippen molar-refractivity contribution in [3.8, 4) is 0 Å². The number of aliphatic carboxylic acids is 1. The Bertz CT molecular complexity index is 869. The summed E-state index contributed by atoms with van der Waals surface area (Å²) in [7, 11) is 0. The standard InChI is InChI=1S/C24H26BrO2P.C4H8O/c25-28(21-13-5-1-6-14-21,22-15-7-2-8-16-22,23-17-9-3-10-18-23)20-12-4-11-19-24(26)27;1-2-4-5-3-1/h1-3,5-10,13-18H,4,11-12,19-20H2,(H,26,27);1-4H2. The summed E-state index contributed by atoms with van der Waals surface area (Å²) in [6.45, 7) is 2.00. The van der Waals surface area contributed by atoms with Crippen LogP contribution in [0.1, 0.15) is 38.5 Å². The van der Waals surface area contributed by atoms with Crippen molar-refractivity contribution >= 4 is 42.7 Å². The Labute approximate surface area is 205 Å². The molecule has 3 nitrogen and oxygen atoms in total. The summed E-state index contributed by atoms with van der Waals surface area (Å²) in [4.78, 5) is 10.9. The first-order valence-corrected chi connectivity index (χ1v) is 16.2. The van der Waals surface area contributed by atoms with E-state index >= 15 is 0 Å². The predicted molar refractivity (Wildman–Crippen MR) is 145 cm³/mol. The first-order valence-electron chi connectivity index (χ1n) is 11.7. The molecule has 1 aliphatic rings. The molecule has 3 aromatic rings. The van der Waals surface area contributed by atoms with Crippen LogP contribution >= 0.6 is 20.8 Å². The number of hydrogen-bond donors (Lipinski definition) is 1. The van der Waals surface area contributed by atoms with Crippen LogP contribution in [0.4, 0.5) is 0 Å². The Morgan fingerprint density at radius 3 is 1.48 bits per heavy atom. The van der Waals surface area contributed by atoms with Crippen LogP contribution in [-0.2, 0) is 9.53 Å². The molecule has 4 rings (SSSR count). The quantitative estimate of drug-likeness (QED) is 0.263. The van der Waals surface area contributed by atoms with E-state index in [0.29, 0.717) is 6.42 Å². The summed E-state index contributed by atoms with van der Waals surface area (Å²) < 4.78 is 4.94. The van der Waals surface area contributed by atoms with Gasteiger partial charge in [-0.15, -0.1) is 0 Å². The number of carboxylic acid groups (broad SMARTS) is 1. The molecule has 176 valence electrons. The fraction of sp³-hybridized carbons (Fsp3) is 0.321. The minimum absolute atomic E-state index is 0.236. The van der Waals surface area contributed by atoms with Gasteiger partial charge in [0.15, 0.2) is 0 Å². The summed E-state index contributed by atoms with van der Waals surface area (Å²) >= 11 is 4.41. The second-order valence-corrected chi connectivity index (χ2v) is 17.5. The van der Waals surface area contributed by atoms with Crippen molar-refractivity contribution in [1.29, 1.82) is 0 Å². The molecule has 0 atom stereocenters. The fourth-order valence-electron chi connectivity index (χ4n) is 4.42. The maximum absolute atomic E-state index is 10.9. The van der Waals surface area contributed by atoms with Gasteiger partial charge in [0.2, 0.25) is 0 Å². The van der Waals surface area contributed by atoms with Crippen molar-refractivity contribution in [3.63, 3.8) is 0 Å². The normalized spacial score (nSPS) is 14.5. The molecule has 0 amide bonds. The minimum atomic E-state index is -2.85. The van der Waals surface area contributed by atoms with Crippen LogP contribution in [0.3, 0.4) is 0 Å². The van der Waals surface area contributed by atoms with Gasteiger partial charge in [0.05, 0.1) is 0 Å². The van der Waals surface area contributed by atoms with Crippen LogP contribution in [0, 0.1) is 0 Å². The van der Waals surface area contributed by atoms with Crippen molar-refractivity contribution in [2.45, 2.75) is 38.5 Å². The molecule has 0 spiro atoms. The van der Waals surface area contributed by atoms with Gasteiger partial charge in [0.25, 0.3) is 0 Å². The molecule has 33 heavy (non-hydrogen) atoms. The van der Waals surface area contributed by atoms with Crippen molar-refractivity contribution in [2.24, 2.45) is 0 Å². The summed E-state index contributed by atoms with van der Waals surface area (Å²) in [6.07, 6.45) is 6.34. The third-order valence-electron chi connectivity index (χ3n) is 6.18. The average Bonchev–Trinajstić information content (AvgIpc) is 3.46. The van der Waals surface area contributed by atoms with Crippen LogP contribution in [0.5, 0.6) is 0 Å². The van der Waals surface area contributed by atoms with Crippen molar-refractivity contribution < 1.29 is 14.6 Å². The van der Waals surface area contributed by atoms with E-state index < -0.39 is 11.3 Å². The number of carbonyl (C=O) groups is 1. The molecule has 1 heterocycles. The van der Waals surface area contributed by atoms with E-state index in [1.165, 1.54) is 28.8 Å². The number of hydrogen-bond acceptors (Lipinski definition) is 2. The summed E-state index contributed by atoms with van der Waals surface area (Å²) in [5.74, 6) is -0.717. The Balaban J connectivity index is 0.000000541. The summed E-state index contributed by atoms with van der Waals surface area (Å²) in [5, 5.41) is 10.0. The van der Waals surface area contributed by atoms with E-state index in [9.17, 15) is 4.79 Å². The molecule has 0 bridgehead atoms. The number of ether oxygens (including phenoxy) is 1. The van der Waals surface area contributed by atoms with Gasteiger partial charge in [0.1, 0.15) is 0 Å². The second kappa shape index (κ2) is 12.5. The van der Waals surface area contributed by atoms with Crippen LogP contribution in [0.25, 0.3) is 0 Å². The number of carboxylic acids is 1. The van der Waals surface area contributed by atoms with Crippen LogP contribution in [0.2, 0.25) is 0 Å². The van der Waals surface area contributed by atoms with Gasteiger partial charge in [-0.05, 0) is 12.8 Å².